The van der Waals surface area contributed by atoms with Crippen LogP contribution in [0.25, 0.3) is 0 Å². The molecular formula is C12H21ClN2O. The van der Waals surface area contributed by atoms with Gasteiger partial charge in [0.15, 0.2) is 0 Å². The van der Waals surface area contributed by atoms with Gasteiger partial charge in [0.1, 0.15) is 0 Å². The van der Waals surface area contributed by atoms with E-state index >= 15 is 0 Å². The average Bonchev–Trinajstić information content (AvgIpc) is 2.43. The van der Waals surface area contributed by atoms with Crippen LogP contribution in [0.4, 0.5) is 0 Å². The molecule has 1 aromatic rings. The maximum absolute atomic E-state index is 10.1. The third-order valence-corrected chi connectivity index (χ3v) is 3.81. The summed E-state index contributed by atoms with van der Waals surface area (Å²) < 4.78 is 1.76. The standard InChI is InChI=1S/C12H21ClN2O/c1-7(2)8(3)11(16)6-10-12(13)9(4)14-15(10)5/h7-8,11,16H,6H2,1-5H3. The van der Waals surface area contributed by atoms with E-state index in [1.807, 2.05) is 14.0 Å². The summed E-state index contributed by atoms with van der Waals surface area (Å²) >= 11 is 6.15. The number of aliphatic hydroxyl groups excluding tert-OH is 1. The molecule has 2 unspecified atom stereocenters. The predicted octanol–water partition coefficient (Wildman–Crippen LogP) is 2.58. The number of hydrogen-bond donors (Lipinski definition) is 1. The Bertz CT molecular complexity index is 360. The van der Waals surface area contributed by atoms with Gasteiger partial charge < -0.3 is 5.11 Å². The first-order valence-electron chi connectivity index (χ1n) is 5.70. The van der Waals surface area contributed by atoms with Crippen molar-refractivity contribution >= 4 is 11.6 Å². The summed E-state index contributed by atoms with van der Waals surface area (Å²) in [6.07, 6.45) is 0.197. The zero-order valence-electron chi connectivity index (χ0n) is 10.7. The second-order valence-electron chi connectivity index (χ2n) is 4.84. The van der Waals surface area contributed by atoms with Crippen LogP contribution in [0, 0.1) is 18.8 Å². The Labute approximate surface area is 102 Å². The molecule has 1 aromatic heterocycles. The quantitative estimate of drug-likeness (QED) is 0.884. The molecule has 3 nitrogen and oxygen atoms in total. The number of rotatable bonds is 4. The number of aryl methyl sites for hydroxylation is 2. The van der Waals surface area contributed by atoms with Crippen molar-refractivity contribution in [3.05, 3.63) is 16.4 Å². The predicted molar refractivity (Wildman–Crippen MR) is 66.7 cm³/mol. The van der Waals surface area contributed by atoms with Gasteiger partial charge in [0.2, 0.25) is 0 Å². The lowest BCUT2D eigenvalue weighted by Crippen LogP contribution is -2.25. The molecule has 0 aromatic carbocycles. The SMILES string of the molecule is Cc1nn(C)c(CC(O)C(C)C(C)C)c1Cl. The molecule has 0 aliphatic carbocycles. The van der Waals surface area contributed by atoms with Gasteiger partial charge in [-0.15, -0.1) is 0 Å². The van der Waals surface area contributed by atoms with Gasteiger partial charge in [-0.25, -0.2) is 0 Å². The zero-order chi connectivity index (χ0) is 12.5. The van der Waals surface area contributed by atoms with Gasteiger partial charge in [0, 0.05) is 13.5 Å². The molecule has 1 heterocycles. The molecule has 0 spiro atoms. The Balaban J connectivity index is 2.80. The summed E-state index contributed by atoms with van der Waals surface area (Å²) in [5.74, 6) is 0.717. The molecular weight excluding hydrogens is 224 g/mol. The van der Waals surface area contributed by atoms with Crippen LogP contribution in [0.15, 0.2) is 0 Å². The summed E-state index contributed by atoms with van der Waals surface area (Å²) in [6, 6.07) is 0. The lowest BCUT2D eigenvalue weighted by molar-refractivity contribution is 0.0904. The van der Waals surface area contributed by atoms with Crippen molar-refractivity contribution in [1.82, 2.24) is 9.78 Å². The van der Waals surface area contributed by atoms with Crippen molar-refractivity contribution in [2.45, 2.75) is 40.2 Å². The fourth-order valence-electron chi connectivity index (χ4n) is 1.73. The summed E-state index contributed by atoms with van der Waals surface area (Å²) in [5, 5.41) is 15.0. The van der Waals surface area contributed by atoms with Crippen molar-refractivity contribution in [3.63, 3.8) is 0 Å². The normalized spacial score (nSPS) is 15.5. The van der Waals surface area contributed by atoms with E-state index in [0.29, 0.717) is 17.4 Å². The molecule has 0 fully saturated rings. The lowest BCUT2D eigenvalue weighted by atomic mass is 9.90. The highest BCUT2D eigenvalue weighted by Crippen LogP contribution is 2.24. The Morgan fingerprint density at radius 3 is 2.31 bits per heavy atom. The Kier molecular flexibility index (Phi) is 4.39. The van der Waals surface area contributed by atoms with Crippen LogP contribution < -0.4 is 0 Å². The molecule has 0 radical (unpaired) electrons. The first-order chi connectivity index (χ1) is 7.34. The molecule has 1 N–H and O–H groups in total. The van der Waals surface area contributed by atoms with Crippen LogP contribution >= 0.6 is 11.6 Å². The van der Waals surface area contributed by atoms with E-state index in [4.69, 9.17) is 11.6 Å². The number of hydrogen-bond acceptors (Lipinski definition) is 2. The van der Waals surface area contributed by atoms with Crippen LogP contribution in [0.2, 0.25) is 5.02 Å². The van der Waals surface area contributed by atoms with Crippen molar-refractivity contribution in [1.29, 1.82) is 0 Å². The van der Waals surface area contributed by atoms with E-state index in [-0.39, 0.29) is 12.0 Å². The first kappa shape index (κ1) is 13.5. The van der Waals surface area contributed by atoms with Crippen molar-refractivity contribution in [3.8, 4) is 0 Å². The summed E-state index contributed by atoms with van der Waals surface area (Å²) in [5.41, 5.74) is 1.74. The van der Waals surface area contributed by atoms with Crippen molar-refractivity contribution in [2.75, 3.05) is 0 Å². The second kappa shape index (κ2) is 5.19. The van der Waals surface area contributed by atoms with Gasteiger partial charge in [-0.3, -0.25) is 4.68 Å². The number of nitrogens with zero attached hydrogens (tertiary/aromatic N) is 2. The summed E-state index contributed by atoms with van der Waals surface area (Å²) in [7, 11) is 1.86. The third-order valence-electron chi connectivity index (χ3n) is 3.32. The fraction of sp³-hybridized carbons (Fsp3) is 0.750. The first-order valence-corrected chi connectivity index (χ1v) is 6.08. The lowest BCUT2D eigenvalue weighted by Gasteiger charge is -2.22. The smallest absolute Gasteiger partial charge is 0.0847 e. The fourth-order valence-corrected chi connectivity index (χ4v) is 1.97. The van der Waals surface area contributed by atoms with E-state index < -0.39 is 0 Å². The van der Waals surface area contributed by atoms with Gasteiger partial charge in [-0.1, -0.05) is 32.4 Å². The molecule has 0 saturated heterocycles. The van der Waals surface area contributed by atoms with Crippen LogP contribution in [0.1, 0.15) is 32.2 Å². The molecule has 0 aliphatic rings. The molecule has 92 valence electrons. The maximum Gasteiger partial charge on any atom is 0.0847 e. The van der Waals surface area contributed by atoms with Crippen LogP contribution in [0.5, 0.6) is 0 Å². The summed E-state index contributed by atoms with van der Waals surface area (Å²) in [4.78, 5) is 0. The van der Waals surface area contributed by atoms with Gasteiger partial charge in [-0.2, -0.15) is 5.10 Å². The molecule has 2 atom stereocenters. The molecule has 16 heavy (non-hydrogen) atoms. The van der Waals surface area contributed by atoms with Crippen LogP contribution in [-0.4, -0.2) is 21.0 Å². The van der Waals surface area contributed by atoms with E-state index in [1.54, 1.807) is 4.68 Å². The molecule has 0 amide bonds. The molecule has 1 rings (SSSR count). The number of aromatic nitrogens is 2. The largest absolute Gasteiger partial charge is 0.392 e. The highest BCUT2D eigenvalue weighted by Gasteiger charge is 2.21. The average molecular weight is 245 g/mol. The van der Waals surface area contributed by atoms with Crippen LogP contribution in [-0.2, 0) is 13.5 Å². The van der Waals surface area contributed by atoms with Crippen molar-refractivity contribution in [2.24, 2.45) is 18.9 Å². The topological polar surface area (TPSA) is 38.0 Å². The van der Waals surface area contributed by atoms with E-state index in [1.165, 1.54) is 0 Å². The minimum Gasteiger partial charge on any atom is -0.392 e. The third kappa shape index (κ3) is 2.77. The maximum atomic E-state index is 10.1. The van der Waals surface area contributed by atoms with Gasteiger partial charge >= 0.3 is 0 Å². The number of aliphatic hydroxyl groups is 1. The molecule has 0 saturated carbocycles. The monoisotopic (exact) mass is 244 g/mol. The summed E-state index contributed by atoms with van der Waals surface area (Å²) in [6.45, 7) is 8.17. The zero-order valence-corrected chi connectivity index (χ0v) is 11.4. The minimum absolute atomic E-state index is 0.256. The highest BCUT2D eigenvalue weighted by molar-refractivity contribution is 6.31. The van der Waals surface area contributed by atoms with Gasteiger partial charge in [-0.05, 0) is 18.8 Å². The van der Waals surface area contributed by atoms with Gasteiger partial charge in [0.05, 0.1) is 22.5 Å². The van der Waals surface area contributed by atoms with Gasteiger partial charge in [0.25, 0.3) is 0 Å². The molecule has 4 heteroatoms. The van der Waals surface area contributed by atoms with Crippen molar-refractivity contribution < 1.29 is 5.11 Å². The Morgan fingerprint density at radius 2 is 1.94 bits per heavy atom. The Hall–Kier alpha value is -0.540. The molecule has 0 aliphatic heterocycles. The van der Waals surface area contributed by atoms with E-state index in [2.05, 4.69) is 25.9 Å². The second-order valence-corrected chi connectivity index (χ2v) is 5.22. The minimum atomic E-state index is -0.368. The van der Waals surface area contributed by atoms with E-state index in [9.17, 15) is 5.11 Å². The number of halogens is 1. The van der Waals surface area contributed by atoms with E-state index in [0.717, 1.165) is 11.4 Å². The Morgan fingerprint density at radius 1 is 1.38 bits per heavy atom. The van der Waals surface area contributed by atoms with Crippen LogP contribution in [0.3, 0.4) is 0 Å². The highest BCUT2D eigenvalue weighted by atomic mass is 35.5. The molecule has 0 bridgehead atoms.